The third kappa shape index (κ3) is 8.18. The van der Waals surface area contributed by atoms with Gasteiger partial charge >= 0.3 is 0 Å². The van der Waals surface area contributed by atoms with Crippen LogP contribution in [0.15, 0.2) is 120 Å². The molecule has 284 valence electrons. The second-order valence-electron chi connectivity index (χ2n) is 16.2. The van der Waals surface area contributed by atoms with Crippen LogP contribution in [0.1, 0.15) is 91.2 Å². The van der Waals surface area contributed by atoms with Gasteiger partial charge in [-0.05, 0) is 153 Å². The van der Waals surface area contributed by atoms with Crippen LogP contribution in [-0.4, -0.2) is 39.4 Å². The molecule has 3 N–H and O–H groups in total. The third-order valence-corrected chi connectivity index (χ3v) is 12.4. The molecular weight excluding hydrogens is 701 g/mol. The van der Waals surface area contributed by atoms with Gasteiger partial charge in [0.15, 0.2) is 5.71 Å². The molecule has 0 fully saturated rings. The number of benzene rings is 4. The molecule has 0 saturated heterocycles. The summed E-state index contributed by atoms with van der Waals surface area (Å²) in [6.45, 7) is 15.8. The van der Waals surface area contributed by atoms with E-state index in [2.05, 4.69) is 156 Å². The van der Waals surface area contributed by atoms with E-state index in [9.17, 15) is 0 Å². The summed E-state index contributed by atoms with van der Waals surface area (Å²) in [5.41, 5.74) is 14.6. The molecule has 7 rings (SSSR count). The minimum absolute atomic E-state index is 0.101. The molecule has 0 aromatic heterocycles. The molecule has 2 aliphatic heterocycles. The molecule has 0 spiro atoms. The second-order valence-corrected chi connectivity index (χ2v) is 17.3. The van der Waals surface area contributed by atoms with Gasteiger partial charge in [0, 0.05) is 35.4 Å². The molecular formula is C48H59N2O2S2+. The molecule has 1 unspecified atom stereocenters. The molecule has 6 heteroatoms. The van der Waals surface area contributed by atoms with E-state index < -0.39 is 0 Å². The van der Waals surface area contributed by atoms with Gasteiger partial charge in [-0.1, -0.05) is 73.7 Å². The Bertz CT molecular complexity index is 2150. The lowest BCUT2D eigenvalue weighted by Crippen LogP contribution is -2.28. The maximum atomic E-state index is 8.17. The van der Waals surface area contributed by atoms with Gasteiger partial charge < -0.3 is 15.0 Å². The number of nitrogens with two attached hydrogens (primary N) is 1. The predicted molar refractivity (Wildman–Crippen MR) is 237 cm³/mol. The van der Waals surface area contributed by atoms with Gasteiger partial charge in [0.05, 0.1) is 10.8 Å². The van der Waals surface area contributed by atoms with E-state index in [-0.39, 0.29) is 10.8 Å². The first-order chi connectivity index (χ1) is 26.0. The normalized spacial score (nSPS) is 20.2. The third-order valence-electron chi connectivity index (χ3n) is 11.6. The van der Waals surface area contributed by atoms with Crippen LogP contribution < -0.4 is 10.5 Å². The summed E-state index contributed by atoms with van der Waals surface area (Å²) in [5.74, 6) is 4.32. The zero-order valence-electron chi connectivity index (χ0n) is 33.1. The summed E-state index contributed by atoms with van der Waals surface area (Å²) in [7, 11) is 0. The topological polar surface area (TPSA) is 58.5 Å². The highest BCUT2D eigenvalue weighted by Crippen LogP contribution is 2.49. The number of allylic oxidation sites excluding steroid dienone is 8. The van der Waals surface area contributed by atoms with Crippen molar-refractivity contribution in [1.29, 1.82) is 0 Å². The monoisotopic (exact) mass is 759 g/mol. The van der Waals surface area contributed by atoms with Crippen LogP contribution in [-0.2, 0) is 10.8 Å². The van der Waals surface area contributed by atoms with Crippen molar-refractivity contribution in [2.45, 2.75) is 90.9 Å². The van der Waals surface area contributed by atoms with Crippen LogP contribution in [0, 0.1) is 5.92 Å². The molecule has 0 saturated carbocycles. The lowest BCUT2D eigenvalue weighted by Gasteiger charge is -2.25. The van der Waals surface area contributed by atoms with Gasteiger partial charge in [0.25, 0.3) is 0 Å². The van der Waals surface area contributed by atoms with E-state index in [0.717, 1.165) is 86.7 Å². The van der Waals surface area contributed by atoms with Crippen molar-refractivity contribution in [2.24, 2.45) is 11.7 Å². The molecule has 54 heavy (non-hydrogen) atoms. The summed E-state index contributed by atoms with van der Waals surface area (Å²) in [6, 6.07) is 26.5. The number of hydrogen-bond donors (Lipinski definition) is 3. The zero-order chi connectivity index (χ0) is 38.5. The Kier molecular flexibility index (Phi) is 13.0. The van der Waals surface area contributed by atoms with Gasteiger partial charge in [0.2, 0.25) is 5.69 Å². The summed E-state index contributed by atoms with van der Waals surface area (Å²) in [4.78, 5) is 0. The van der Waals surface area contributed by atoms with Crippen LogP contribution in [0.2, 0.25) is 0 Å². The fourth-order valence-corrected chi connectivity index (χ4v) is 9.20. The first-order valence-corrected chi connectivity index (χ1v) is 21.3. The highest BCUT2D eigenvalue weighted by atomic mass is 32.2. The van der Waals surface area contributed by atoms with Crippen molar-refractivity contribution in [3.63, 3.8) is 0 Å². The van der Waals surface area contributed by atoms with Crippen molar-refractivity contribution in [3.8, 4) is 5.75 Å². The Balaban J connectivity index is 0.000000649. The van der Waals surface area contributed by atoms with E-state index in [1.807, 2.05) is 0 Å². The van der Waals surface area contributed by atoms with Crippen molar-refractivity contribution in [1.82, 2.24) is 0 Å². The van der Waals surface area contributed by atoms with Crippen LogP contribution in [0.25, 0.3) is 21.5 Å². The maximum absolute atomic E-state index is 8.17. The van der Waals surface area contributed by atoms with E-state index in [1.54, 1.807) is 0 Å². The average molecular weight is 760 g/mol. The first kappa shape index (κ1) is 40.1. The summed E-state index contributed by atoms with van der Waals surface area (Å²) >= 11 is 5.40. The van der Waals surface area contributed by atoms with Crippen molar-refractivity contribution >= 4 is 57.6 Å². The molecule has 4 aromatic carbocycles. The summed E-state index contributed by atoms with van der Waals surface area (Å²) in [6.07, 6.45) is 15.9. The van der Waals surface area contributed by atoms with Gasteiger partial charge in [-0.25, -0.2) is 0 Å². The van der Waals surface area contributed by atoms with Gasteiger partial charge in [-0.2, -0.15) is 17.2 Å². The Morgan fingerprint density at radius 3 is 2.20 bits per heavy atom. The molecule has 4 aromatic rings. The average Bonchev–Trinajstić information content (AvgIpc) is 3.56. The van der Waals surface area contributed by atoms with E-state index >= 15 is 0 Å². The number of rotatable bonds is 11. The number of hydrogen-bond acceptors (Lipinski definition) is 5. The molecule has 0 radical (unpaired) electrons. The minimum Gasteiger partial charge on any atom is -0.460 e. The zero-order valence-corrected chi connectivity index (χ0v) is 34.8. The predicted octanol–water partition coefficient (Wildman–Crippen LogP) is 12.5. The number of unbranched alkanes of at least 4 members (excludes halogenated alkanes) is 2. The van der Waals surface area contributed by atoms with Gasteiger partial charge in [-0.3, -0.25) is 0 Å². The van der Waals surface area contributed by atoms with E-state index in [0.29, 0.717) is 5.92 Å². The molecule has 4 nitrogen and oxygen atoms in total. The number of fused-ring (bicyclic) bond motifs is 6. The highest BCUT2D eigenvalue weighted by Gasteiger charge is 2.45. The van der Waals surface area contributed by atoms with Crippen LogP contribution in [0.5, 0.6) is 5.75 Å². The van der Waals surface area contributed by atoms with Crippen molar-refractivity contribution in [2.75, 3.05) is 24.6 Å². The quantitative estimate of drug-likeness (QED) is 0.0617. The number of ether oxygens (including phenoxy) is 1. The molecule has 2 heterocycles. The minimum atomic E-state index is -0.200. The molecule has 0 amide bonds. The molecule has 3 aliphatic rings. The van der Waals surface area contributed by atoms with Crippen LogP contribution >= 0.6 is 24.7 Å². The fraction of sp³-hybridized carbons (Fsp3) is 0.396. The lowest BCUT2D eigenvalue weighted by atomic mass is 9.78. The largest absolute Gasteiger partial charge is 0.460 e. The fourth-order valence-electron chi connectivity index (χ4n) is 8.64. The Hall–Kier alpha value is -3.55. The van der Waals surface area contributed by atoms with Gasteiger partial charge in [-0.15, -0.1) is 0 Å². The Morgan fingerprint density at radius 2 is 1.52 bits per heavy atom. The Labute approximate surface area is 333 Å². The van der Waals surface area contributed by atoms with E-state index in [4.69, 9.17) is 15.0 Å². The standard InChI is InChI=1S/C44H47NOS.C4H11NOS/c1-29-27-33(19-23-39-43(3,4)41-35-15-9-7-13-31(35)17-21-37(41)45(39)25-11-12-26-47)30(2)34(28-29)20-24-40-44(5,6)42-36-16-10-8-14-32(36)18-22-38(42)46-40;5-3-1-2-4-7-6/h7-10,13-24,29H,11-12,25-28H2,1-6H3;6H,1-5H2/p+1/b23-19+,34-20+,40-24+;. The highest BCUT2D eigenvalue weighted by molar-refractivity contribution is 7.93. The smallest absolute Gasteiger partial charge is 0.210 e. The molecule has 1 aliphatic carbocycles. The SMILES string of the molecule is CC1=C(/C=C/C2=[N+](CCCCS)c3ccc4ccccc4c3C2(C)C)CC(C)C/C1=C\C=C1\Oc2ccc3ccccc3c2C1(C)C.NCCCCSO. The summed E-state index contributed by atoms with van der Waals surface area (Å²) in [5, 5.41) is 5.22. The molecule has 0 bridgehead atoms. The summed E-state index contributed by atoms with van der Waals surface area (Å²) < 4.78 is 17.3. The van der Waals surface area contributed by atoms with Crippen molar-refractivity contribution in [3.05, 3.63) is 131 Å². The molecule has 1 atom stereocenters. The maximum Gasteiger partial charge on any atom is 0.210 e. The number of nitrogens with zero attached hydrogens (tertiary/aromatic N) is 1. The van der Waals surface area contributed by atoms with Gasteiger partial charge in [0.1, 0.15) is 18.1 Å². The van der Waals surface area contributed by atoms with Crippen LogP contribution in [0.4, 0.5) is 5.69 Å². The second kappa shape index (κ2) is 17.5. The lowest BCUT2D eigenvalue weighted by molar-refractivity contribution is -0.438. The Morgan fingerprint density at radius 1 is 0.833 bits per heavy atom. The van der Waals surface area contributed by atoms with E-state index in [1.165, 1.54) is 60.8 Å². The van der Waals surface area contributed by atoms with Crippen LogP contribution in [0.3, 0.4) is 0 Å². The van der Waals surface area contributed by atoms with Crippen molar-refractivity contribution < 1.29 is 13.9 Å². The number of thiol groups is 1. The first-order valence-electron chi connectivity index (χ1n) is 19.8.